The van der Waals surface area contributed by atoms with Gasteiger partial charge in [-0.15, -0.1) is 0 Å². The number of halogens is 8. The lowest BCUT2D eigenvalue weighted by Gasteiger charge is -2.17. The summed E-state index contributed by atoms with van der Waals surface area (Å²) >= 11 is 11.1. The average molecular weight is 338 g/mol. The lowest BCUT2D eigenvalue weighted by atomic mass is 10.2. The molecule has 0 saturated carbocycles. The third-order valence-electron chi connectivity index (χ3n) is 2.22. The molecule has 0 fully saturated rings. The van der Waals surface area contributed by atoms with Crippen LogP contribution in [-0.4, -0.2) is 6.18 Å². The molecule has 112 valence electrons. The van der Waals surface area contributed by atoms with Crippen LogP contribution in [-0.2, 0) is 6.18 Å². The number of hydrogen-bond acceptors (Lipinski definition) is 1. The molecule has 0 aliphatic heterocycles. The van der Waals surface area contributed by atoms with Crippen LogP contribution in [0.15, 0.2) is 23.9 Å². The summed E-state index contributed by atoms with van der Waals surface area (Å²) in [5.74, 6) is 0. The summed E-state index contributed by atoms with van der Waals surface area (Å²) < 4.78 is 75.0. The van der Waals surface area contributed by atoms with E-state index in [4.69, 9.17) is 23.2 Å². The van der Waals surface area contributed by atoms with Gasteiger partial charge in [0, 0.05) is 0 Å². The molecule has 1 aromatic carbocycles. The van der Waals surface area contributed by atoms with E-state index < -0.39 is 39.3 Å². The molecule has 0 radical (unpaired) electrons. The highest BCUT2D eigenvalue weighted by molar-refractivity contribution is 6.39. The number of hydrogen-bond donors (Lipinski definition) is 1. The second-order valence-corrected chi connectivity index (χ2v) is 4.45. The Labute approximate surface area is 120 Å². The molecule has 0 unspecified atom stereocenters. The number of alkyl halides is 6. The molecule has 20 heavy (non-hydrogen) atoms. The highest BCUT2D eigenvalue weighted by atomic mass is 35.5. The van der Waals surface area contributed by atoms with Crippen LogP contribution < -0.4 is 5.32 Å². The maximum Gasteiger partial charge on any atom is 0.430 e. The molecular weight excluding hydrogens is 331 g/mol. The molecule has 1 N–H and O–H groups in total. The number of allylic oxidation sites excluding steroid dienone is 2. The van der Waals surface area contributed by atoms with Crippen LogP contribution in [0.2, 0.25) is 10.0 Å². The van der Waals surface area contributed by atoms with Crippen molar-refractivity contribution >= 4 is 28.9 Å². The van der Waals surface area contributed by atoms with Gasteiger partial charge in [0.1, 0.15) is 5.70 Å². The van der Waals surface area contributed by atoms with Crippen molar-refractivity contribution in [3.8, 4) is 0 Å². The van der Waals surface area contributed by atoms with Crippen molar-refractivity contribution in [2.75, 3.05) is 5.32 Å². The third kappa shape index (κ3) is 3.96. The monoisotopic (exact) mass is 337 g/mol. The van der Waals surface area contributed by atoms with Crippen molar-refractivity contribution in [3.05, 3.63) is 39.5 Å². The standard InChI is InChI=1S/C11H7Cl2F6N/c1-2-8(11(17,18)19)20-9-6(12)3-5(4-7(9)13)10(14,15)16/h2-4,20H,1H3. The van der Waals surface area contributed by atoms with E-state index in [0.717, 1.165) is 6.92 Å². The molecule has 0 saturated heterocycles. The van der Waals surface area contributed by atoms with Gasteiger partial charge in [0.15, 0.2) is 0 Å². The highest BCUT2D eigenvalue weighted by Crippen LogP contribution is 2.40. The SMILES string of the molecule is CC=C(Nc1c(Cl)cc(C(F)(F)F)cc1Cl)C(F)(F)F. The van der Waals surface area contributed by atoms with Gasteiger partial charge in [-0.1, -0.05) is 29.3 Å². The highest BCUT2D eigenvalue weighted by Gasteiger charge is 2.35. The zero-order valence-electron chi connectivity index (χ0n) is 9.76. The third-order valence-corrected chi connectivity index (χ3v) is 2.82. The minimum absolute atomic E-state index is 0.438. The molecule has 0 heterocycles. The molecule has 0 aliphatic carbocycles. The number of nitrogens with one attached hydrogen (secondary N) is 1. The van der Waals surface area contributed by atoms with Crippen molar-refractivity contribution in [1.82, 2.24) is 0 Å². The van der Waals surface area contributed by atoms with Gasteiger partial charge in [0.25, 0.3) is 0 Å². The van der Waals surface area contributed by atoms with E-state index in [1.165, 1.54) is 0 Å². The van der Waals surface area contributed by atoms with Crippen LogP contribution in [0.1, 0.15) is 12.5 Å². The lowest BCUT2D eigenvalue weighted by molar-refractivity contribution is -0.137. The summed E-state index contributed by atoms with van der Waals surface area (Å²) in [5.41, 5.74) is -2.76. The van der Waals surface area contributed by atoms with Crippen molar-refractivity contribution in [2.24, 2.45) is 0 Å². The Balaban J connectivity index is 3.23. The zero-order chi connectivity index (χ0) is 15.7. The second kappa shape index (κ2) is 5.73. The van der Waals surface area contributed by atoms with Gasteiger partial charge < -0.3 is 5.32 Å². The topological polar surface area (TPSA) is 12.0 Å². The van der Waals surface area contributed by atoms with E-state index in [1.54, 1.807) is 0 Å². The van der Waals surface area contributed by atoms with Crippen molar-refractivity contribution in [1.29, 1.82) is 0 Å². The van der Waals surface area contributed by atoms with Crippen LogP contribution in [0, 0.1) is 0 Å². The molecule has 9 heteroatoms. The fourth-order valence-electron chi connectivity index (χ4n) is 1.30. The van der Waals surface area contributed by atoms with Gasteiger partial charge >= 0.3 is 12.4 Å². The predicted molar refractivity (Wildman–Crippen MR) is 64.9 cm³/mol. The average Bonchev–Trinajstić information content (AvgIpc) is 2.24. The summed E-state index contributed by atoms with van der Waals surface area (Å²) in [4.78, 5) is 0. The van der Waals surface area contributed by atoms with E-state index >= 15 is 0 Å². The van der Waals surface area contributed by atoms with Gasteiger partial charge in [-0.2, -0.15) is 26.3 Å². The number of benzene rings is 1. The Bertz CT molecular complexity index is 510. The van der Waals surface area contributed by atoms with Crippen molar-refractivity contribution in [2.45, 2.75) is 19.3 Å². The Kier molecular flexibility index (Phi) is 4.86. The summed E-state index contributed by atoms with van der Waals surface area (Å²) in [6.45, 7) is 1.11. The molecule has 0 atom stereocenters. The first-order chi connectivity index (χ1) is 8.96. The Morgan fingerprint density at radius 2 is 1.50 bits per heavy atom. The Hall–Kier alpha value is -1.08. The minimum Gasteiger partial charge on any atom is -0.349 e. The lowest BCUT2D eigenvalue weighted by Crippen LogP contribution is -2.19. The van der Waals surface area contributed by atoms with E-state index in [0.29, 0.717) is 18.2 Å². The molecule has 1 nitrogen and oxygen atoms in total. The molecule has 1 aromatic rings. The molecule has 0 amide bonds. The minimum atomic E-state index is -4.70. The first-order valence-corrected chi connectivity index (χ1v) is 5.79. The smallest absolute Gasteiger partial charge is 0.349 e. The first-order valence-electron chi connectivity index (χ1n) is 5.03. The fourth-order valence-corrected chi connectivity index (χ4v) is 1.88. The molecule has 0 aliphatic rings. The zero-order valence-corrected chi connectivity index (χ0v) is 11.3. The molecule has 1 rings (SSSR count). The maximum absolute atomic E-state index is 12.5. The maximum atomic E-state index is 12.5. The molecule has 0 bridgehead atoms. The summed E-state index contributed by atoms with van der Waals surface area (Å²) in [5, 5.41) is 0.765. The number of rotatable bonds is 2. The molecule has 0 aromatic heterocycles. The van der Waals surface area contributed by atoms with Crippen LogP contribution in [0.3, 0.4) is 0 Å². The second-order valence-electron chi connectivity index (χ2n) is 3.64. The van der Waals surface area contributed by atoms with Gasteiger partial charge in [0.2, 0.25) is 0 Å². The van der Waals surface area contributed by atoms with Crippen molar-refractivity contribution < 1.29 is 26.3 Å². The normalized spacial score (nSPS) is 13.6. The quantitative estimate of drug-likeness (QED) is 0.663. The molecular formula is C11H7Cl2F6N. The summed E-state index contributed by atoms with van der Waals surface area (Å²) in [6.07, 6.45) is -8.69. The van der Waals surface area contributed by atoms with E-state index in [9.17, 15) is 26.3 Å². The van der Waals surface area contributed by atoms with Gasteiger partial charge in [-0.3, -0.25) is 0 Å². The molecule has 0 spiro atoms. The van der Waals surface area contributed by atoms with Crippen LogP contribution >= 0.6 is 23.2 Å². The summed E-state index contributed by atoms with van der Waals surface area (Å²) in [6, 6.07) is 0.999. The van der Waals surface area contributed by atoms with E-state index in [2.05, 4.69) is 0 Å². The van der Waals surface area contributed by atoms with Crippen LogP contribution in [0.25, 0.3) is 0 Å². The van der Waals surface area contributed by atoms with Crippen molar-refractivity contribution in [3.63, 3.8) is 0 Å². The van der Waals surface area contributed by atoms with Crippen LogP contribution in [0.5, 0.6) is 0 Å². The Morgan fingerprint density at radius 1 is 1.05 bits per heavy atom. The van der Waals surface area contributed by atoms with Crippen LogP contribution in [0.4, 0.5) is 32.0 Å². The predicted octanol–water partition coefficient (Wildman–Crippen LogP) is 5.89. The summed E-state index contributed by atoms with van der Waals surface area (Å²) in [7, 11) is 0. The largest absolute Gasteiger partial charge is 0.430 e. The Morgan fingerprint density at radius 3 is 1.80 bits per heavy atom. The van der Waals surface area contributed by atoms with E-state index in [1.807, 2.05) is 5.32 Å². The van der Waals surface area contributed by atoms with E-state index in [-0.39, 0.29) is 0 Å². The van der Waals surface area contributed by atoms with Gasteiger partial charge in [0.05, 0.1) is 21.3 Å². The van der Waals surface area contributed by atoms with Gasteiger partial charge in [-0.25, -0.2) is 0 Å². The first kappa shape index (κ1) is 17.0. The van der Waals surface area contributed by atoms with Gasteiger partial charge in [-0.05, 0) is 19.1 Å². The fraction of sp³-hybridized carbons (Fsp3) is 0.273. The number of anilines is 1.